The number of nitrogens with one attached hydrogen (secondary N) is 1. The molecule has 0 aromatic heterocycles. The molecule has 0 fully saturated rings. The summed E-state index contributed by atoms with van der Waals surface area (Å²) >= 11 is 2.22. The summed E-state index contributed by atoms with van der Waals surface area (Å²) < 4.78 is 12.0. The summed E-state index contributed by atoms with van der Waals surface area (Å²) in [5.74, 6) is 1.14. The van der Waals surface area contributed by atoms with Gasteiger partial charge in [0.15, 0.2) is 11.5 Å². The van der Waals surface area contributed by atoms with E-state index < -0.39 is 0 Å². The summed E-state index contributed by atoms with van der Waals surface area (Å²) in [5.41, 5.74) is 1.32. The first-order chi connectivity index (χ1) is 9.72. The number of halogens is 1. The molecule has 1 heterocycles. The average molecular weight is 381 g/mol. The van der Waals surface area contributed by atoms with E-state index in [1.165, 1.54) is 0 Å². The number of fused-ring (bicyclic) bond motifs is 1. The van der Waals surface area contributed by atoms with E-state index in [2.05, 4.69) is 27.9 Å². The van der Waals surface area contributed by atoms with Crippen LogP contribution >= 0.6 is 22.6 Å². The van der Waals surface area contributed by atoms with Gasteiger partial charge >= 0.3 is 0 Å². The molecule has 3 rings (SSSR count). The van der Waals surface area contributed by atoms with Gasteiger partial charge in [0, 0.05) is 14.8 Å². The van der Waals surface area contributed by atoms with Gasteiger partial charge in [0.05, 0.1) is 0 Å². The maximum atomic E-state index is 12.2. The molecule has 1 N–H and O–H groups in total. The lowest BCUT2D eigenvalue weighted by Gasteiger charge is -2.18. The number of rotatable bonds is 2. The van der Waals surface area contributed by atoms with Crippen LogP contribution < -0.4 is 14.8 Å². The number of hydrogen-bond donors (Lipinski definition) is 1. The third-order valence-electron chi connectivity index (χ3n) is 2.91. The highest BCUT2D eigenvalue weighted by atomic mass is 127. The van der Waals surface area contributed by atoms with E-state index in [9.17, 15) is 4.79 Å². The fourth-order valence-corrected chi connectivity index (χ4v) is 2.28. The maximum Gasteiger partial charge on any atom is 0.255 e. The Labute approximate surface area is 130 Å². The van der Waals surface area contributed by atoms with Crippen molar-refractivity contribution in [3.05, 3.63) is 51.6 Å². The number of benzene rings is 2. The fourth-order valence-electron chi connectivity index (χ4n) is 1.92. The van der Waals surface area contributed by atoms with Crippen LogP contribution in [0.2, 0.25) is 0 Å². The van der Waals surface area contributed by atoms with Crippen molar-refractivity contribution in [1.29, 1.82) is 0 Å². The molecule has 2 aromatic rings. The van der Waals surface area contributed by atoms with Gasteiger partial charge in [-0.3, -0.25) is 4.79 Å². The van der Waals surface area contributed by atoms with E-state index in [1.54, 1.807) is 18.2 Å². The van der Waals surface area contributed by atoms with Gasteiger partial charge in [0.1, 0.15) is 13.2 Å². The van der Waals surface area contributed by atoms with Crippen LogP contribution in [0, 0.1) is 3.57 Å². The van der Waals surface area contributed by atoms with Crippen molar-refractivity contribution in [3.63, 3.8) is 0 Å². The van der Waals surface area contributed by atoms with Crippen molar-refractivity contribution in [2.75, 3.05) is 18.5 Å². The van der Waals surface area contributed by atoms with Gasteiger partial charge in [0.2, 0.25) is 0 Å². The predicted molar refractivity (Wildman–Crippen MR) is 84.5 cm³/mol. The summed E-state index contributed by atoms with van der Waals surface area (Å²) in [6.45, 7) is 1.05. The van der Waals surface area contributed by atoms with Gasteiger partial charge in [-0.2, -0.15) is 0 Å². The Morgan fingerprint density at radius 2 is 1.70 bits per heavy atom. The number of hydrogen-bond acceptors (Lipinski definition) is 3. The second-order valence-electron chi connectivity index (χ2n) is 4.32. The number of carbonyl (C=O) groups excluding carboxylic acids is 1. The van der Waals surface area contributed by atoms with Gasteiger partial charge in [-0.25, -0.2) is 0 Å². The molecule has 0 saturated heterocycles. The molecular weight excluding hydrogens is 369 g/mol. The molecule has 5 heteroatoms. The number of carbonyl (C=O) groups is 1. The Morgan fingerprint density at radius 3 is 2.45 bits per heavy atom. The molecule has 1 aliphatic rings. The molecule has 2 aromatic carbocycles. The van der Waals surface area contributed by atoms with Crippen LogP contribution in [0.4, 0.5) is 5.69 Å². The molecule has 1 aliphatic heterocycles. The van der Waals surface area contributed by atoms with Crippen molar-refractivity contribution in [3.8, 4) is 11.5 Å². The highest BCUT2D eigenvalue weighted by molar-refractivity contribution is 14.1. The lowest BCUT2D eigenvalue weighted by molar-refractivity contribution is 0.102. The van der Waals surface area contributed by atoms with Gasteiger partial charge in [-0.15, -0.1) is 0 Å². The van der Waals surface area contributed by atoms with E-state index in [0.717, 1.165) is 9.26 Å². The summed E-state index contributed by atoms with van der Waals surface area (Å²) in [7, 11) is 0. The summed E-state index contributed by atoms with van der Waals surface area (Å²) in [4.78, 5) is 12.2. The minimum atomic E-state index is -0.164. The van der Waals surface area contributed by atoms with E-state index in [0.29, 0.717) is 30.3 Å². The zero-order chi connectivity index (χ0) is 13.9. The molecular formula is C15H12INO3. The molecule has 4 nitrogen and oxygen atoms in total. The fraction of sp³-hybridized carbons (Fsp3) is 0.133. The lowest BCUT2D eigenvalue weighted by atomic mass is 10.1. The van der Waals surface area contributed by atoms with Crippen LogP contribution in [0.15, 0.2) is 42.5 Å². The van der Waals surface area contributed by atoms with Crippen molar-refractivity contribution < 1.29 is 14.3 Å². The smallest absolute Gasteiger partial charge is 0.255 e. The van der Waals surface area contributed by atoms with Crippen LogP contribution in [0.1, 0.15) is 10.4 Å². The zero-order valence-corrected chi connectivity index (χ0v) is 12.7. The SMILES string of the molecule is O=C(Nc1ccc(I)cc1)c1ccc2c(c1)OCCO2. The standard InChI is InChI=1S/C15H12INO3/c16-11-2-4-12(5-3-11)17-15(18)10-1-6-13-14(9-10)20-8-7-19-13/h1-6,9H,7-8H2,(H,17,18). The largest absolute Gasteiger partial charge is 0.486 e. The normalized spacial score (nSPS) is 12.8. The molecule has 0 radical (unpaired) electrons. The summed E-state index contributed by atoms with van der Waals surface area (Å²) in [6, 6.07) is 12.8. The van der Waals surface area contributed by atoms with Crippen LogP contribution in [0.25, 0.3) is 0 Å². The Morgan fingerprint density at radius 1 is 1.00 bits per heavy atom. The van der Waals surface area contributed by atoms with Gasteiger partial charge in [-0.05, 0) is 65.1 Å². The van der Waals surface area contributed by atoms with Crippen LogP contribution in [0.5, 0.6) is 11.5 Å². The van der Waals surface area contributed by atoms with Crippen LogP contribution in [-0.2, 0) is 0 Å². The average Bonchev–Trinajstić information content (AvgIpc) is 2.49. The Hall–Kier alpha value is -1.76. The molecule has 20 heavy (non-hydrogen) atoms. The lowest BCUT2D eigenvalue weighted by Crippen LogP contribution is -2.17. The second-order valence-corrected chi connectivity index (χ2v) is 5.57. The van der Waals surface area contributed by atoms with Gasteiger partial charge in [0.25, 0.3) is 5.91 Å². The predicted octanol–water partition coefficient (Wildman–Crippen LogP) is 3.31. The van der Waals surface area contributed by atoms with Gasteiger partial charge < -0.3 is 14.8 Å². The Bertz CT molecular complexity index is 640. The topological polar surface area (TPSA) is 47.6 Å². The molecule has 0 bridgehead atoms. The van der Waals surface area contributed by atoms with E-state index in [4.69, 9.17) is 9.47 Å². The molecule has 0 spiro atoms. The highest BCUT2D eigenvalue weighted by Crippen LogP contribution is 2.30. The summed E-state index contributed by atoms with van der Waals surface area (Å²) in [6.07, 6.45) is 0. The molecule has 1 amide bonds. The third-order valence-corrected chi connectivity index (χ3v) is 3.63. The quantitative estimate of drug-likeness (QED) is 0.813. The van der Waals surface area contributed by atoms with E-state index >= 15 is 0 Å². The van der Waals surface area contributed by atoms with Crippen LogP contribution in [-0.4, -0.2) is 19.1 Å². The Kier molecular flexibility index (Phi) is 3.77. The monoisotopic (exact) mass is 381 g/mol. The maximum absolute atomic E-state index is 12.2. The van der Waals surface area contributed by atoms with E-state index in [1.807, 2.05) is 24.3 Å². The van der Waals surface area contributed by atoms with Crippen molar-refractivity contribution in [2.24, 2.45) is 0 Å². The van der Waals surface area contributed by atoms with Gasteiger partial charge in [-0.1, -0.05) is 0 Å². The first kappa shape index (κ1) is 13.2. The van der Waals surface area contributed by atoms with Crippen molar-refractivity contribution >= 4 is 34.2 Å². The molecule has 0 unspecified atom stereocenters. The number of ether oxygens (including phenoxy) is 2. The Balaban J connectivity index is 1.78. The molecule has 0 atom stereocenters. The molecule has 0 saturated carbocycles. The second kappa shape index (κ2) is 5.70. The molecule has 0 aliphatic carbocycles. The minimum absolute atomic E-state index is 0.164. The highest BCUT2D eigenvalue weighted by Gasteiger charge is 2.14. The van der Waals surface area contributed by atoms with Crippen molar-refractivity contribution in [1.82, 2.24) is 0 Å². The zero-order valence-electron chi connectivity index (χ0n) is 10.6. The van der Waals surface area contributed by atoms with E-state index in [-0.39, 0.29) is 5.91 Å². The van der Waals surface area contributed by atoms with Crippen molar-refractivity contribution in [2.45, 2.75) is 0 Å². The first-order valence-corrected chi connectivity index (χ1v) is 7.27. The third kappa shape index (κ3) is 2.87. The first-order valence-electron chi connectivity index (χ1n) is 6.19. The minimum Gasteiger partial charge on any atom is -0.486 e. The number of anilines is 1. The van der Waals surface area contributed by atoms with Crippen LogP contribution in [0.3, 0.4) is 0 Å². The number of amides is 1. The summed E-state index contributed by atoms with van der Waals surface area (Å²) in [5, 5.41) is 2.85. The molecule has 102 valence electrons.